The van der Waals surface area contributed by atoms with Crippen LogP contribution in [-0.2, 0) is 0 Å². The van der Waals surface area contributed by atoms with Crippen molar-refractivity contribution >= 4 is 5.78 Å². The quantitative estimate of drug-likeness (QED) is 0.577. The first kappa shape index (κ1) is 12.3. The van der Waals surface area contributed by atoms with Crippen LogP contribution in [0, 0.1) is 18.3 Å². The molecule has 0 aliphatic heterocycles. The minimum atomic E-state index is -0.498. The molecular formula is C13H15NO2. The molecule has 0 saturated heterocycles. The van der Waals surface area contributed by atoms with Gasteiger partial charge in [-0.25, -0.2) is 0 Å². The van der Waals surface area contributed by atoms with E-state index in [0.29, 0.717) is 5.56 Å². The molecule has 0 heterocycles. The normalized spacial score (nSPS) is 10.0. The highest BCUT2D eigenvalue weighted by Gasteiger charge is 2.15. The molecule has 0 radical (unpaired) electrons. The molecule has 84 valence electrons. The summed E-state index contributed by atoms with van der Waals surface area (Å²) in [5.74, 6) is 0.518. The van der Waals surface area contributed by atoms with Crippen LogP contribution in [0.1, 0.15) is 41.3 Å². The third kappa shape index (κ3) is 2.22. The van der Waals surface area contributed by atoms with Crippen LogP contribution in [0.2, 0.25) is 0 Å². The van der Waals surface area contributed by atoms with Crippen molar-refractivity contribution in [3.05, 3.63) is 28.8 Å². The highest BCUT2D eigenvalue weighted by Crippen LogP contribution is 2.29. The second-order valence-electron chi connectivity index (χ2n) is 4.00. The molecule has 0 fully saturated rings. The number of aryl methyl sites for hydroxylation is 1. The van der Waals surface area contributed by atoms with E-state index in [1.54, 1.807) is 32.2 Å². The molecule has 0 aliphatic carbocycles. The fraction of sp³-hybridized carbons (Fsp3) is 0.385. The van der Waals surface area contributed by atoms with E-state index in [1.165, 1.54) is 0 Å². The van der Waals surface area contributed by atoms with Crippen molar-refractivity contribution in [1.29, 1.82) is 5.26 Å². The first-order valence-electron chi connectivity index (χ1n) is 5.14. The van der Waals surface area contributed by atoms with Gasteiger partial charge in [-0.05, 0) is 36.1 Å². The molecule has 0 aromatic heterocycles. The molecular weight excluding hydrogens is 202 g/mol. The summed E-state index contributed by atoms with van der Waals surface area (Å²) in [5, 5.41) is 8.64. The van der Waals surface area contributed by atoms with E-state index in [1.807, 2.05) is 13.8 Å². The molecule has 1 rings (SSSR count). The minimum Gasteiger partial charge on any atom is -0.496 e. The van der Waals surface area contributed by atoms with Crippen LogP contribution in [-0.4, -0.2) is 12.9 Å². The first-order valence-corrected chi connectivity index (χ1v) is 5.14. The molecule has 0 spiro atoms. The Morgan fingerprint density at radius 1 is 1.44 bits per heavy atom. The van der Waals surface area contributed by atoms with Crippen LogP contribution in [0.3, 0.4) is 0 Å². The number of carbonyl (C=O) groups excluding carboxylic acids is 1. The van der Waals surface area contributed by atoms with Crippen LogP contribution in [0.4, 0.5) is 0 Å². The van der Waals surface area contributed by atoms with Crippen molar-refractivity contribution in [2.45, 2.75) is 26.7 Å². The molecule has 3 nitrogen and oxygen atoms in total. The average Bonchev–Trinajstić information content (AvgIpc) is 2.27. The Balaban J connectivity index is 3.40. The second kappa shape index (κ2) is 4.80. The number of methoxy groups -OCH3 is 1. The van der Waals surface area contributed by atoms with Gasteiger partial charge in [0, 0.05) is 5.56 Å². The summed E-state index contributed by atoms with van der Waals surface area (Å²) in [6.45, 7) is 5.85. The van der Waals surface area contributed by atoms with Gasteiger partial charge >= 0.3 is 0 Å². The van der Waals surface area contributed by atoms with Gasteiger partial charge in [-0.2, -0.15) is 5.26 Å². The van der Waals surface area contributed by atoms with E-state index in [0.717, 1.165) is 16.9 Å². The van der Waals surface area contributed by atoms with Crippen molar-refractivity contribution in [2.75, 3.05) is 7.11 Å². The third-order valence-electron chi connectivity index (χ3n) is 2.54. The summed E-state index contributed by atoms with van der Waals surface area (Å²) < 4.78 is 5.26. The van der Waals surface area contributed by atoms with E-state index in [4.69, 9.17) is 10.00 Å². The van der Waals surface area contributed by atoms with Crippen molar-refractivity contribution in [3.8, 4) is 11.8 Å². The summed E-state index contributed by atoms with van der Waals surface area (Å²) in [7, 11) is 1.60. The summed E-state index contributed by atoms with van der Waals surface area (Å²) >= 11 is 0. The summed E-state index contributed by atoms with van der Waals surface area (Å²) in [6, 6.07) is 5.21. The third-order valence-corrected chi connectivity index (χ3v) is 2.54. The maximum Gasteiger partial charge on any atom is 0.262 e. The Labute approximate surface area is 95.7 Å². The predicted molar refractivity (Wildman–Crippen MR) is 61.8 cm³/mol. The average molecular weight is 217 g/mol. The molecule has 0 saturated carbocycles. The lowest BCUT2D eigenvalue weighted by Gasteiger charge is -2.14. The molecule has 3 heteroatoms. The molecule has 0 amide bonds. The predicted octanol–water partition coefficient (Wildman–Crippen LogP) is 2.83. The van der Waals surface area contributed by atoms with Gasteiger partial charge in [-0.3, -0.25) is 4.79 Å². The van der Waals surface area contributed by atoms with Crippen LogP contribution in [0.25, 0.3) is 0 Å². The zero-order valence-corrected chi connectivity index (χ0v) is 10.00. The van der Waals surface area contributed by atoms with Crippen molar-refractivity contribution in [3.63, 3.8) is 0 Å². The smallest absolute Gasteiger partial charge is 0.262 e. The van der Waals surface area contributed by atoms with Crippen LogP contribution >= 0.6 is 0 Å². The molecule has 0 bridgehead atoms. The number of ether oxygens (including phenoxy) is 1. The Kier molecular flexibility index (Phi) is 3.68. The molecule has 0 aliphatic rings. The van der Waals surface area contributed by atoms with Gasteiger partial charge in [0.05, 0.1) is 7.11 Å². The van der Waals surface area contributed by atoms with Gasteiger partial charge in [0.1, 0.15) is 11.8 Å². The monoisotopic (exact) mass is 217 g/mol. The maximum absolute atomic E-state index is 11.4. The first-order chi connectivity index (χ1) is 7.51. The van der Waals surface area contributed by atoms with Crippen LogP contribution in [0.5, 0.6) is 5.75 Å². The SMILES string of the molecule is COc1cc(C)c(C(=O)C#N)cc1C(C)C. The number of Topliss-reactive ketones (excluding diaryl/α,β-unsaturated/α-hetero) is 1. The van der Waals surface area contributed by atoms with E-state index >= 15 is 0 Å². The summed E-state index contributed by atoms with van der Waals surface area (Å²) in [5.41, 5.74) is 2.19. The van der Waals surface area contributed by atoms with Gasteiger partial charge in [0.15, 0.2) is 0 Å². The topological polar surface area (TPSA) is 50.1 Å². The molecule has 0 N–H and O–H groups in total. The lowest BCUT2D eigenvalue weighted by molar-refractivity contribution is 0.105. The van der Waals surface area contributed by atoms with Crippen molar-refractivity contribution < 1.29 is 9.53 Å². The fourth-order valence-corrected chi connectivity index (χ4v) is 1.63. The Morgan fingerprint density at radius 3 is 2.50 bits per heavy atom. The zero-order valence-electron chi connectivity index (χ0n) is 10.00. The van der Waals surface area contributed by atoms with Crippen LogP contribution < -0.4 is 4.74 Å². The van der Waals surface area contributed by atoms with E-state index in [9.17, 15) is 4.79 Å². The van der Waals surface area contributed by atoms with Gasteiger partial charge in [0.2, 0.25) is 0 Å². The maximum atomic E-state index is 11.4. The minimum absolute atomic E-state index is 0.251. The number of hydrogen-bond donors (Lipinski definition) is 0. The number of ketones is 1. The molecule has 1 aromatic rings. The molecule has 1 aromatic carbocycles. The number of nitrogens with zero attached hydrogens (tertiary/aromatic N) is 1. The zero-order chi connectivity index (χ0) is 12.3. The number of nitriles is 1. The Hall–Kier alpha value is -1.82. The highest BCUT2D eigenvalue weighted by atomic mass is 16.5. The lowest BCUT2D eigenvalue weighted by atomic mass is 9.95. The van der Waals surface area contributed by atoms with Crippen molar-refractivity contribution in [1.82, 2.24) is 0 Å². The number of rotatable bonds is 3. The highest BCUT2D eigenvalue weighted by molar-refractivity contribution is 6.08. The Morgan fingerprint density at radius 2 is 2.06 bits per heavy atom. The summed E-state index contributed by atoms with van der Waals surface area (Å²) in [6.07, 6.45) is 0. The standard InChI is InChI=1S/C13H15NO2/c1-8(2)10-6-11(12(15)7-14)9(3)5-13(10)16-4/h5-6,8H,1-4H3. The molecule has 0 atom stereocenters. The molecule has 16 heavy (non-hydrogen) atoms. The van der Waals surface area contributed by atoms with E-state index in [2.05, 4.69) is 0 Å². The largest absolute Gasteiger partial charge is 0.496 e. The van der Waals surface area contributed by atoms with E-state index in [-0.39, 0.29) is 5.92 Å². The van der Waals surface area contributed by atoms with Gasteiger partial charge in [0.25, 0.3) is 5.78 Å². The van der Waals surface area contributed by atoms with Crippen molar-refractivity contribution in [2.24, 2.45) is 0 Å². The second-order valence-corrected chi connectivity index (χ2v) is 4.00. The Bertz CT molecular complexity index is 456. The van der Waals surface area contributed by atoms with Crippen LogP contribution in [0.15, 0.2) is 12.1 Å². The molecule has 0 unspecified atom stereocenters. The van der Waals surface area contributed by atoms with Gasteiger partial charge in [-0.15, -0.1) is 0 Å². The summed E-state index contributed by atoms with van der Waals surface area (Å²) in [4.78, 5) is 11.4. The van der Waals surface area contributed by atoms with Gasteiger partial charge < -0.3 is 4.74 Å². The van der Waals surface area contributed by atoms with E-state index < -0.39 is 5.78 Å². The van der Waals surface area contributed by atoms with Gasteiger partial charge in [-0.1, -0.05) is 13.8 Å². The lowest BCUT2D eigenvalue weighted by Crippen LogP contribution is -2.03. The number of carbonyl (C=O) groups is 1. The number of hydrogen-bond acceptors (Lipinski definition) is 3. The fourth-order valence-electron chi connectivity index (χ4n) is 1.63. The number of benzene rings is 1.